The molecule has 2 aromatic heterocycles. The maximum Gasteiger partial charge on any atom is 0.254 e. The van der Waals surface area contributed by atoms with E-state index in [1.807, 2.05) is 80.0 Å². The van der Waals surface area contributed by atoms with E-state index in [1.165, 1.54) is 17.2 Å². The third-order valence-corrected chi connectivity index (χ3v) is 6.37. The molecule has 0 saturated heterocycles. The van der Waals surface area contributed by atoms with Crippen molar-refractivity contribution in [2.45, 2.75) is 19.9 Å². The fraction of sp³-hybridized carbons (Fsp3) is 0.0938. The largest absolute Gasteiger partial charge is 0.371 e. The van der Waals surface area contributed by atoms with Gasteiger partial charge in [0.1, 0.15) is 6.57 Å². The first-order chi connectivity index (χ1) is 18.6. The summed E-state index contributed by atoms with van der Waals surface area (Å²) in [6.07, 6.45) is 6.64. The molecule has 6 rings (SSSR count). The van der Waals surface area contributed by atoms with Gasteiger partial charge in [0.25, 0.3) is 5.69 Å². The van der Waals surface area contributed by atoms with E-state index in [2.05, 4.69) is 37.6 Å². The zero-order valence-corrected chi connectivity index (χ0v) is 23.3. The zero-order chi connectivity index (χ0) is 26.5. The summed E-state index contributed by atoms with van der Waals surface area (Å²) >= 11 is 0. The quantitative estimate of drug-likeness (QED) is 0.194. The van der Waals surface area contributed by atoms with Gasteiger partial charge in [0.05, 0.1) is 11.9 Å². The van der Waals surface area contributed by atoms with Crippen molar-refractivity contribution in [1.82, 2.24) is 14.5 Å². The Balaban J connectivity index is 0.000000210. The Labute approximate surface area is 241 Å². The molecule has 1 radical (unpaired) electrons. The number of hydrogen-bond acceptors (Lipinski definition) is 4. The summed E-state index contributed by atoms with van der Waals surface area (Å²) in [5, 5.41) is 18.5. The first-order valence-electron chi connectivity index (χ1n) is 11.9. The van der Waals surface area contributed by atoms with E-state index in [-0.39, 0.29) is 36.9 Å². The van der Waals surface area contributed by atoms with Gasteiger partial charge in [0.15, 0.2) is 0 Å². The number of imidazole rings is 1. The van der Waals surface area contributed by atoms with E-state index in [9.17, 15) is 5.26 Å². The second-order valence-corrected chi connectivity index (χ2v) is 8.64. The van der Waals surface area contributed by atoms with Crippen LogP contribution in [0.1, 0.15) is 22.3 Å². The minimum absolute atomic E-state index is 0. The Morgan fingerprint density at radius 3 is 2.56 bits per heavy atom. The molecule has 0 aliphatic carbocycles. The third-order valence-electron chi connectivity index (χ3n) is 6.37. The normalized spacial score (nSPS) is 10.7. The predicted molar refractivity (Wildman–Crippen MR) is 145 cm³/mol. The second kappa shape index (κ2) is 12.1. The standard InChI is InChI=1S/C21H11N4.C11H9N2.Ir/c1-14-8-9-25-21(20(14)15-6-4-3-5-7-15)18-10-16(12-22)17(13-23)11-19(18)24-2;1-2-4-10-9(3-1)5-7-13-8-6-12-11(10)13;/h3-9,11H,1H3;1-3,6,8H,5,7H2;/q2*-1;. The fourth-order valence-corrected chi connectivity index (χ4v) is 4.55. The monoisotopic (exact) mass is 681 g/mol. The van der Waals surface area contributed by atoms with Crippen molar-refractivity contribution in [3.05, 3.63) is 125 Å². The Morgan fingerprint density at radius 2 is 1.82 bits per heavy atom. The number of nitrogens with zero attached hydrogens (tertiary/aromatic N) is 6. The molecule has 0 fully saturated rings. The van der Waals surface area contributed by atoms with Crippen LogP contribution in [0, 0.1) is 48.3 Å². The van der Waals surface area contributed by atoms with Crippen molar-refractivity contribution in [2.24, 2.45) is 0 Å². The van der Waals surface area contributed by atoms with Crippen LogP contribution in [0.15, 0.2) is 79.3 Å². The van der Waals surface area contributed by atoms with Gasteiger partial charge in [-0.25, -0.2) is 10.5 Å². The summed E-state index contributed by atoms with van der Waals surface area (Å²) in [4.78, 5) is 12.3. The summed E-state index contributed by atoms with van der Waals surface area (Å²) in [5.41, 5.74) is 6.92. The fourth-order valence-electron chi connectivity index (χ4n) is 4.55. The molecule has 7 heteroatoms. The molecule has 39 heavy (non-hydrogen) atoms. The first-order valence-corrected chi connectivity index (χ1v) is 11.9. The smallest absolute Gasteiger partial charge is 0.254 e. The molecule has 1 aliphatic rings. The molecule has 3 heterocycles. The molecule has 0 bridgehead atoms. The summed E-state index contributed by atoms with van der Waals surface area (Å²) in [5.74, 6) is 1.06. The summed E-state index contributed by atoms with van der Waals surface area (Å²) in [6, 6.07) is 29.3. The van der Waals surface area contributed by atoms with E-state index >= 15 is 0 Å². The van der Waals surface area contributed by atoms with E-state index in [1.54, 1.807) is 6.20 Å². The van der Waals surface area contributed by atoms with Gasteiger partial charge in [-0.15, -0.1) is 35.4 Å². The molecule has 5 aromatic rings. The molecule has 0 amide bonds. The van der Waals surface area contributed by atoms with Crippen LogP contribution >= 0.6 is 0 Å². The number of fused-ring (bicyclic) bond motifs is 3. The average molecular weight is 681 g/mol. The van der Waals surface area contributed by atoms with Crippen molar-refractivity contribution in [2.75, 3.05) is 0 Å². The SMILES string of the molecule is [C-]#[N+]c1cc(C#N)c(C#N)[c-]c1-c1nccc(C)c1-c1ccccc1.[Ir].[c-]1cccc2c1-c1nccn1CC2. The van der Waals surface area contributed by atoms with E-state index in [4.69, 9.17) is 11.8 Å². The van der Waals surface area contributed by atoms with Gasteiger partial charge in [-0.2, -0.15) is 4.85 Å². The molecule has 0 saturated carbocycles. The van der Waals surface area contributed by atoms with E-state index in [0.29, 0.717) is 11.3 Å². The maximum atomic E-state index is 9.30. The zero-order valence-electron chi connectivity index (χ0n) is 20.9. The number of aromatic nitrogens is 3. The van der Waals surface area contributed by atoms with Crippen LogP contribution in [0.25, 0.3) is 38.6 Å². The van der Waals surface area contributed by atoms with E-state index in [0.717, 1.165) is 35.5 Å². The maximum absolute atomic E-state index is 9.30. The first kappa shape index (κ1) is 27.2. The molecular formula is C32H20IrN6-2. The number of pyridine rings is 1. The Hall–Kier alpha value is -4.86. The molecule has 0 atom stereocenters. The number of aryl methyl sites for hydroxylation is 3. The molecule has 0 spiro atoms. The molecule has 6 nitrogen and oxygen atoms in total. The van der Waals surface area contributed by atoms with Crippen LogP contribution in [0.2, 0.25) is 0 Å². The number of rotatable bonds is 2. The van der Waals surface area contributed by atoms with Crippen molar-refractivity contribution in [3.63, 3.8) is 0 Å². The molecule has 0 N–H and O–H groups in total. The van der Waals surface area contributed by atoms with Gasteiger partial charge < -0.3 is 4.57 Å². The average Bonchev–Trinajstić information content (AvgIpc) is 3.47. The summed E-state index contributed by atoms with van der Waals surface area (Å²) in [6.45, 7) is 10.5. The van der Waals surface area contributed by atoms with Gasteiger partial charge >= 0.3 is 0 Å². The van der Waals surface area contributed by atoms with Crippen molar-refractivity contribution in [1.29, 1.82) is 10.5 Å². The number of benzene rings is 3. The van der Waals surface area contributed by atoms with Crippen molar-refractivity contribution >= 4 is 5.69 Å². The van der Waals surface area contributed by atoms with Crippen LogP contribution < -0.4 is 0 Å². The minimum Gasteiger partial charge on any atom is -0.371 e. The summed E-state index contributed by atoms with van der Waals surface area (Å²) < 4.78 is 2.18. The number of hydrogen-bond donors (Lipinski definition) is 0. The molecule has 1 aliphatic heterocycles. The van der Waals surface area contributed by atoms with Gasteiger partial charge in [0.2, 0.25) is 0 Å². The second-order valence-electron chi connectivity index (χ2n) is 8.64. The van der Waals surface area contributed by atoms with E-state index < -0.39 is 0 Å². The molecule has 189 valence electrons. The van der Waals surface area contributed by atoms with Crippen LogP contribution in [-0.2, 0) is 33.1 Å². The Bertz CT molecular complexity index is 1770. The van der Waals surface area contributed by atoms with Crippen LogP contribution in [0.3, 0.4) is 0 Å². The van der Waals surface area contributed by atoms with Gasteiger partial charge in [0, 0.05) is 56.5 Å². The predicted octanol–water partition coefficient (Wildman–Crippen LogP) is 6.72. The molecular weight excluding hydrogens is 661 g/mol. The minimum atomic E-state index is 0. The Kier molecular flexibility index (Phi) is 8.45. The Morgan fingerprint density at radius 1 is 1.00 bits per heavy atom. The molecule has 0 unspecified atom stereocenters. The van der Waals surface area contributed by atoms with Crippen molar-refractivity contribution in [3.8, 4) is 45.9 Å². The van der Waals surface area contributed by atoms with Crippen LogP contribution in [0.4, 0.5) is 5.69 Å². The van der Waals surface area contributed by atoms with Gasteiger partial charge in [-0.05, 0) is 59.4 Å². The topological polar surface area (TPSA) is 82.7 Å². The summed E-state index contributed by atoms with van der Waals surface area (Å²) in [7, 11) is 0. The van der Waals surface area contributed by atoms with Crippen LogP contribution in [0.5, 0.6) is 0 Å². The number of nitriles is 2. The van der Waals surface area contributed by atoms with Crippen LogP contribution in [-0.4, -0.2) is 14.5 Å². The van der Waals surface area contributed by atoms with Gasteiger partial charge in [-0.3, -0.25) is 9.97 Å². The van der Waals surface area contributed by atoms with Gasteiger partial charge in [-0.1, -0.05) is 36.4 Å². The third kappa shape index (κ3) is 5.40. The van der Waals surface area contributed by atoms with Crippen molar-refractivity contribution < 1.29 is 20.1 Å². The molecule has 3 aromatic carbocycles.